The van der Waals surface area contributed by atoms with Crippen molar-refractivity contribution in [3.05, 3.63) is 23.5 Å². The van der Waals surface area contributed by atoms with E-state index >= 15 is 4.39 Å². The fourth-order valence-corrected chi connectivity index (χ4v) is 5.22. The topological polar surface area (TPSA) is 90.0 Å². The monoisotopic (exact) mass is 383 g/mol. The number of aromatic hydroxyl groups is 1. The normalized spacial score (nSPS) is 26.1. The van der Waals surface area contributed by atoms with Crippen molar-refractivity contribution in [1.29, 1.82) is 0 Å². The molecule has 1 atom stereocenters. The van der Waals surface area contributed by atoms with E-state index in [0.717, 1.165) is 19.5 Å². The highest BCUT2D eigenvalue weighted by atomic mass is 32.2. The predicted octanol–water partition coefficient (Wildman–Crippen LogP) is 1.13. The highest BCUT2D eigenvalue weighted by molar-refractivity contribution is 7.92. The fraction of sp³-hybridized carbons (Fsp3) is 0.588. The summed E-state index contributed by atoms with van der Waals surface area (Å²) in [7, 11) is -4.17. The first-order chi connectivity index (χ1) is 12.3. The van der Waals surface area contributed by atoms with Crippen molar-refractivity contribution in [3.8, 4) is 5.75 Å². The van der Waals surface area contributed by atoms with Crippen molar-refractivity contribution in [1.82, 2.24) is 9.62 Å². The summed E-state index contributed by atoms with van der Waals surface area (Å²) in [4.78, 5) is 13.9. The van der Waals surface area contributed by atoms with Gasteiger partial charge in [-0.2, -0.15) is 8.42 Å². The molecule has 26 heavy (non-hydrogen) atoms. The van der Waals surface area contributed by atoms with Gasteiger partial charge in [0, 0.05) is 12.6 Å². The van der Waals surface area contributed by atoms with Crippen LogP contribution in [0.2, 0.25) is 0 Å². The first kappa shape index (κ1) is 17.5. The lowest BCUT2D eigenvalue weighted by Crippen LogP contribution is -2.38. The van der Waals surface area contributed by atoms with Gasteiger partial charge in [0.25, 0.3) is 5.91 Å². The third kappa shape index (κ3) is 3.03. The van der Waals surface area contributed by atoms with E-state index in [0.29, 0.717) is 28.2 Å². The standard InChI is InChI=1S/C17H22FN3O4S/c18-16-12(8-11-6-7-20(9-11)13-2-1-3-13)4-5-14(22)17(16)21-10-15(23)19-26(21,24)25/h4-5,11,13,22H,1-3,6-10H2,(H,19,23). The van der Waals surface area contributed by atoms with Crippen LogP contribution in [0.1, 0.15) is 31.2 Å². The van der Waals surface area contributed by atoms with E-state index in [1.807, 2.05) is 0 Å². The molecule has 4 rings (SSSR count). The predicted molar refractivity (Wildman–Crippen MR) is 93.5 cm³/mol. The summed E-state index contributed by atoms with van der Waals surface area (Å²) >= 11 is 0. The van der Waals surface area contributed by atoms with E-state index in [-0.39, 0.29) is 0 Å². The van der Waals surface area contributed by atoms with Crippen molar-refractivity contribution in [2.24, 2.45) is 5.92 Å². The van der Waals surface area contributed by atoms with Gasteiger partial charge in [-0.15, -0.1) is 0 Å². The number of nitrogens with one attached hydrogen (secondary N) is 1. The van der Waals surface area contributed by atoms with Crippen molar-refractivity contribution in [3.63, 3.8) is 0 Å². The number of hydrogen-bond acceptors (Lipinski definition) is 5. The molecule has 9 heteroatoms. The Balaban J connectivity index is 1.56. The Labute approximate surface area is 152 Å². The number of amides is 1. The number of phenolic OH excluding ortho intramolecular Hbond substituents is 1. The largest absolute Gasteiger partial charge is 0.506 e. The number of rotatable bonds is 4. The van der Waals surface area contributed by atoms with Crippen LogP contribution in [0, 0.1) is 11.7 Å². The summed E-state index contributed by atoms with van der Waals surface area (Å²) in [5.41, 5.74) is -0.0810. The summed E-state index contributed by atoms with van der Waals surface area (Å²) < 4.78 is 41.4. The zero-order chi connectivity index (χ0) is 18.5. The van der Waals surface area contributed by atoms with Gasteiger partial charge in [-0.25, -0.2) is 13.4 Å². The van der Waals surface area contributed by atoms with Gasteiger partial charge in [-0.05, 0) is 49.8 Å². The number of anilines is 1. The van der Waals surface area contributed by atoms with Crippen molar-refractivity contribution in [2.75, 3.05) is 23.9 Å². The van der Waals surface area contributed by atoms with Crippen LogP contribution in [0.25, 0.3) is 0 Å². The number of benzene rings is 1. The Bertz CT molecular complexity index is 841. The lowest BCUT2D eigenvalue weighted by molar-refractivity contribution is -0.117. The number of likely N-dealkylation sites (tertiary alicyclic amines) is 1. The Kier molecular flexibility index (Phi) is 4.31. The Morgan fingerprint density at radius 3 is 2.65 bits per heavy atom. The Hall–Kier alpha value is -1.87. The molecular weight excluding hydrogens is 361 g/mol. The summed E-state index contributed by atoms with van der Waals surface area (Å²) in [6.45, 7) is 1.40. The Morgan fingerprint density at radius 1 is 1.27 bits per heavy atom. The second kappa shape index (κ2) is 6.38. The van der Waals surface area contributed by atoms with E-state index in [1.165, 1.54) is 31.4 Å². The molecule has 1 aromatic carbocycles. The molecule has 1 aromatic rings. The molecule has 2 heterocycles. The average Bonchev–Trinajstić information content (AvgIpc) is 3.05. The fourth-order valence-electron chi connectivity index (χ4n) is 4.06. The highest BCUT2D eigenvalue weighted by Crippen LogP contribution is 2.37. The Morgan fingerprint density at radius 2 is 2.04 bits per heavy atom. The number of nitrogens with zero attached hydrogens (tertiary/aromatic N) is 2. The molecule has 2 saturated heterocycles. The van der Waals surface area contributed by atoms with E-state index in [2.05, 4.69) is 4.90 Å². The second-order valence-corrected chi connectivity index (χ2v) is 8.98. The molecule has 2 N–H and O–H groups in total. The van der Waals surface area contributed by atoms with Crippen LogP contribution in [-0.4, -0.2) is 50.0 Å². The maximum Gasteiger partial charge on any atom is 0.326 e. The molecule has 0 bridgehead atoms. The van der Waals surface area contributed by atoms with Crippen LogP contribution >= 0.6 is 0 Å². The smallest absolute Gasteiger partial charge is 0.326 e. The second-order valence-electron chi connectivity index (χ2n) is 7.38. The van der Waals surface area contributed by atoms with Gasteiger partial charge in [0.1, 0.15) is 18.0 Å². The third-order valence-corrected chi connectivity index (χ3v) is 7.04. The van der Waals surface area contributed by atoms with Gasteiger partial charge in [0.2, 0.25) is 0 Å². The summed E-state index contributed by atoms with van der Waals surface area (Å²) in [6.07, 6.45) is 5.21. The molecule has 3 fully saturated rings. The minimum atomic E-state index is -4.17. The first-order valence-corrected chi connectivity index (χ1v) is 10.4. The van der Waals surface area contributed by atoms with Gasteiger partial charge in [-0.1, -0.05) is 12.5 Å². The van der Waals surface area contributed by atoms with E-state index in [9.17, 15) is 18.3 Å². The molecule has 142 valence electrons. The van der Waals surface area contributed by atoms with Crippen LogP contribution < -0.4 is 9.03 Å². The van der Waals surface area contributed by atoms with E-state index in [1.54, 1.807) is 4.72 Å². The molecule has 2 aliphatic heterocycles. The highest BCUT2D eigenvalue weighted by Gasteiger charge is 2.38. The molecular formula is C17H22FN3O4S. The summed E-state index contributed by atoms with van der Waals surface area (Å²) in [6, 6.07) is 3.45. The zero-order valence-electron chi connectivity index (χ0n) is 14.3. The molecule has 0 spiro atoms. The van der Waals surface area contributed by atoms with Crippen LogP contribution in [0.3, 0.4) is 0 Å². The number of carbonyl (C=O) groups excluding carboxylic acids is 1. The molecule has 7 nitrogen and oxygen atoms in total. The number of phenols is 1. The van der Waals surface area contributed by atoms with Crippen molar-refractivity contribution < 1.29 is 22.7 Å². The lowest BCUT2D eigenvalue weighted by Gasteiger charge is -2.34. The van der Waals surface area contributed by atoms with Gasteiger partial charge >= 0.3 is 10.2 Å². The zero-order valence-corrected chi connectivity index (χ0v) is 15.1. The van der Waals surface area contributed by atoms with Gasteiger partial charge in [-0.3, -0.25) is 4.79 Å². The minimum Gasteiger partial charge on any atom is -0.506 e. The van der Waals surface area contributed by atoms with Crippen LogP contribution in [0.5, 0.6) is 5.75 Å². The van der Waals surface area contributed by atoms with Crippen molar-refractivity contribution in [2.45, 2.75) is 38.1 Å². The lowest BCUT2D eigenvalue weighted by atomic mass is 9.91. The quantitative estimate of drug-likeness (QED) is 0.814. The maximum absolute atomic E-state index is 15.0. The number of hydrogen-bond donors (Lipinski definition) is 2. The number of halogens is 1. The third-order valence-electron chi connectivity index (χ3n) is 5.66. The summed E-state index contributed by atoms with van der Waals surface area (Å²) in [5.74, 6) is -1.71. The van der Waals surface area contributed by atoms with E-state index in [4.69, 9.17) is 0 Å². The van der Waals surface area contributed by atoms with Crippen LogP contribution in [0.15, 0.2) is 12.1 Å². The van der Waals surface area contributed by atoms with Gasteiger partial charge in [0.15, 0.2) is 5.82 Å². The maximum atomic E-state index is 15.0. The summed E-state index contributed by atoms with van der Waals surface area (Å²) in [5, 5.41) is 10.0. The SMILES string of the molecule is O=C1CN(c2c(O)ccc(CC3CCN(C4CCC4)C3)c2F)S(=O)(=O)N1. The van der Waals surface area contributed by atoms with Crippen LogP contribution in [0.4, 0.5) is 10.1 Å². The molecule has 1 aliphatic carbocycles. The average molecular weight is 383 g/mol. The minimum absolute atomic E-state index is 0.303. The molecule has 0 radical (unpaired) electrons. The van der Waals surface area contributed by atoms with E-state index < -0.39 is 39.9 Å². The molecule has 3 aliphatic rings. The molecule has 0 aromatic heterocycles. The van der Waals surface area contributed by atoms with Gasteiger partial charge in [0.05, 0.1) is 0 Å². The first-order valence-electron chi connectivity index (χ1n) is 8.93. The van der Waals surface area contributed by atoms with Crippen LogP contribution in [-0.2, 0) is 21.4 Å². The molecule has 1 saturated carbocycles. The van der Waals surface area contributed by atoms with Crippen molar-refractivity contribution >= 4 is 21.8 Å². The number of carbonyl (C=O) groups is 1. The molecule has 1 amide bonds. The van der Waals surface area contributed by atoms with Gasteiger partial charge < -0.3 is 10.0 Å². The molecule has 1 unspecified atom stereocenters.